The predicted octanol–water partition coefficient (Wildman–Crippen LogP) is 1.73. The van der Waals surface area contributed by atoms with Crippen LogP contribution in [0, 0.1) is 5.92 Å². The Kier molecular flexibility index (Phi) is 5.41. The van der Waals surface area contributed by atoms with E-state index in [0.29, 0.717) is 12.2 Å². The zero-order chi connectivity index (χ0) is 19.0. The number of sulfonamides is 1. The Balaban J connectivity index is 1.54. The van der Waals surface area contributed by atoms with Crippen molar-refractivity contribution in [1.82, 2.24) is 5.32 Å². The zero-order valence-corrected chi connectivity index (χ0v) is 16.9. The van der Waals surface area contributed by atoms with Gasteiger partial charge in [-0.1, -0.05) is 12.1 Å². The molecule has 0 amide bonds. The van der Waals surface area contributed by atoms with E-state index in [0.717, 1.165) is 17.9 Å². The van der Waals surface area contributed by atoms with Crippen LogP contribution in [0.3, 0.4) is 0 Å². The van der Waals surface area contributed by atoms with Gasteiger partial charge in [-0.3, -0.25) is 4.72 Å². The average molecular weight is 380 g/mol. The maximum atomic E-state index is 12.2. The second-order valence-electron chi connectivity index (χ2n) is 8.28. The minimum Gasteiger partial charge on any atom is -0.399 e. The molecular formula is C18H29BN2O4S. The first kappa shape index (κ1) is 19.7. The zero-order valence-electron chi connectivity index (χ0n) is 16.0. The van der Waals surface area contributed by atoms with Crippen molar-refractivity contribution in [3.8, 4) is 0 Å². The van der Waals surface area contributed by atoms with Crippen LogP contribution in [0.1, 0.15) is 40.5 Å². The van der Waals surface area contributed by atoms with E-state index in [1.54, 1.807) is 12.1 Å². The van der Waals surface area contributed by atoms with Gasteiger partial charge in [-0.15, -0.1) is 0 Å². The summed E-state index contributed by atoms with van der Waals surface area (Å²) in [5, 5.41) is 3.20. The van der Waals surface area contributed by atoms with E-state index in [2.05, 4.69) is 10.0 Å². The maximum absolute atomic E-state index is 12.2. The minimum absolute atomic E-state index is 0.0682. The fraction of sp³-hybridized carbons (Fsp3) is 0.667. The van der Waals surface area contributed by atoms with Crippen LogP contribution >= 0.6 is 0 Å². The number of benzene rings is 1. The molecule has 1 aliphatic heterocycles. The summed E-state index contributed by atoms with van der Waals surface area (Å²) >= 11 is 0. The van der Waals surface area contributed by atoms with E-state index in [1.165, 1.54) is 12.8 Å². The predicted molar refractivity (Wildman–Crippen MR) is 105 cm³/mol. The molecule has 1 saturated carbocycles. The van der Waals surface area contributed by atoms with Crippen molar-refractivity contribution in [2.24, 2.45) is 5.92 Å². The van der Waals surface area contributed by atoms with Gasteiger partial charge in [0, 0.05) is 12.2 Å². The highest BCUT2D eigenvalue weighted by molar-refractivity contribution is 7.92. The lowest BCUT2D eigenvalue weighted by atomic mass is 9.79. The Morgan fingerprint density at radius 2 is 1.65 bits per heavy atom. The van der Waals surface area contributed by atoms with Crippen molar-refractivity contribution in [2.45, 2.75) is 51.7 Å². The molecule has 0 unspecified atom stereocenters. The lowest BCUT2D eigenvalue weighted by Gasteiger charge is -2.32. The van der Waals surface area contributed by atoms with Crippen LogP contribution in [-0.4, -0.2) is 45.6 Å². The monoisotopic (exact) mass is 380 g/mol. The molecule has 2 fully saturated rings. The van der Waals surface area contributed by atoms with Crippen molar-refractivity contribution < 1.29 is 17.7 Å². The van der Waals surface area contributed by atoms with Crippen LogP contribution in [0.5, 0.6) is 0 Å². The first-order chi connectivity index (χ1) is 12.1. The van der Waals surface area contributed by atoms with Gasteiger partial charge in [-0.2, -0.15) is 0 Å². The maximum Gasteiger partial charge on any atom is 0.494 e. The van der Waals surface area contributed by atoms with E-state index >= 15 is 0 Å². The van der Waals surface area contributed by atoms with Gasteiger partial charge >= 0.3 is 7.12 Å². The van der Waals surface area contributed by atoms with Crippen LogP contribution < -0.4 is 15.5 Å². The topological polar surface area (TPSA) is 76.7 Å². The number of nitrogens with one attached hydrogen (secondary N) is 2. The summed E-state index contributed by atoms with van der Waals surface area (Å²) in [4.78, 5) is 0. The molecule has 26 heavy (non-hydrogen) atoms. The Bertz CT molecular complexity index is 714. The molecular weight excluding hydrogens is 351 g/mol. The van der Waals surface area contributed by atoms with Crippen LogP contribution in [0.15, 0.2) is 24.3 Å². The van der Waals surface area contributed by atoms with Crippen molar-refractivity contribution in [1.29, 1.82) is 0 Å². The molecule has 2 N–H and O–H groups in total. The van der Waals surface area contributed by atoms with Gasteiger partial charge in [0.05, 0.1) is 17.0 Å². The van der Waals surface area contributed by atoms with Gasteiger partial charge in [0.15, 0.2) is 0 Å². The molecule has 0 spiro atoms. The summed E-state index contributed by atoms with van der Waals surface area (Å²) in [7, 11) is -3.80. The smallest absolute Gasteiger partial charge is 0.399 e. The third kappa shape index (κ3) is 4.79. The molecule has 0 atom stereocenters. The first-order valence-electron chi connectivity index (χ1n) is 9.25. The Labute approximate surface area is 157 Å². The second-order valence-corrected chi connectivity index (χ2v) is 10.1. The molecule has 1 aromatic carbocycles. The van der Waals surface area contributed by atoms with Crippen molar-refractivity contribution in [2.75, 3.05) is 23.6 Å². The van der Waals surface area contributed by atoms with Crippen LogP contribution in [0.25, 0.3) is 0 Å². The highest BCUT2D eigenvalue weighted by atomic mass is 32.2. The molecule has 6 nitrogen and oxygen atoms in total. The highest BCUT2D eigenvalue weighted by Gasteiger charge is 2.51. The molecule has 0 radical (unpaired) electrons. The third-order valence-corrected chi connectivity index (χ3v) is 6.68. The lowest BCUT2D eigenvalue weighted by molar-refractivity contribution is 0.00578. The Hall–Kier alpha value is -1.09. The van der Waals surface area contributed by atoms with Crippen LogP contribution in [0.2, 0.25) is 0 Å². The van der Waals surface area contributed by atoms with Crippen LogP contribution in [-0.2, 0) is 19.3 Å². The van der Waals surface area contributed by atoms with Crippen molar-refractivity contribution >= 4 is 28.3 Å². The normalized spacial score (nSPS) is 21.8. The van der Waals surface area contributed by atoms with E-state index in [9.17, 15) is 8.42 Å². The van der Waals surface area contributed by atoms with Crippen LogP contribution in [0.4, 0.5) is 5.69 Å². The molecule has 1 saturated heterocycles. The molecule has 8 heteroatoms. The lowest BCUT2D eigenvalue weighted by Crippen LogP contribution is -2.41. The van der Waals surface area contributed by atoms with Crippen molar-refractivity contribution in [3.05, 3.63) is 24.3 Å². The molecule has 1 aliphatic carbocycles. The summed E-state index contributed by atoms with van der Waals surface area (Å²) in [6.45, 7) is 9.41. The number of hydrogen-bond donors (Lipinski definition) is 2. The number of rotatable bonds is 8. The van der Waals surface area contributed by atoms with E-state index in [-0.39, 0.29) is 5.75 Å². The standard InChI is InChI=1S/C18H29BN2O4S/c1-17(2)18(3,4)25-19(24-17)15-7-9-16(10-8-15)21-26(22,23)12-11-20-13-14-5-6-14/h7-10,14,20-21H,5-6,11-13H2,1-4H3. The van der Waals surface area contributed by atoms with Gasteiger partial charge in [0.2, 0.25) is 10.0 Å². The summed E-state index contributed by atoms with van der Waals surface area (Å²) in [6.07, 6.45) is 2.51. The fourth-order valence-corrected chi connectivity index (χ4v) is 3.76. The molecule has 3 rings (SSSR count). The van der Waals surface area contributed by atoms with Gasteiger partial charge in [-0.05, 0) is 70.6 Å². The minimum atomic E-state index is -3.36. The molecule has 0 aromatic heterocycles. The average Bonchev–Trinajstić information content (AvgIpc) is 3.31. The van der Waals surface area contributed by atoms with Gasteiger partial charge in [-0.25, -0.2) is 8.42 Å². The van der Waals surface area contributed by atoms with Gasteiger partial charge in [0.25, 0.3) is 0 Å². The second kappa shape index (κ2) is 7.15. The van der Waals surface area contributed by atoms with Gasteiger partial charge < -0.3 is 14.6 Å². The Morgan fingerprint density at radius 1 is 1.08 bits per heavy atom. The highest BCUT2D eigenvalue weighted by Crippen LogP contribution is 2.36. The quantitative estimate of drug-likeness (QED) is 0.531. The van der Waals surface area contributed by atoms with Gasteiger partial charge in [0.1, 0.15) is 0 Å². The largest absolute Gasteiger partial charge is 0.494 e. The third-order valence-electron chi connectivity index (χ3n) is 5.39. The molecule has 144 valence electrons. The van der Waals surface area contributed by atoms with E-state index < -0.39 is 28.3 Å². The summed E-state index contributed by atoms with van der Waals surface area (Å²) in [5.41, 5.74) is 0.627. The fourth-order valence-electron chi connectivity index (χ4n) is 2.75. The number of hydrogen-bond acceptors (Lipinski definition) is 5. The summed E-state index contributed by atoms with van der Waals surface area (Å²) in [5.74, 6) is 0.812. The SMILES string of the molecule is CC1(C)OB(c2ccc(NS(=O)(=O)CCNCC3CC3)cc2)OC1(C)C. The molecule has 1 heterocycles. The van der Waals surface area contributed by atoms with E-state index in [1.807, 2.05) is 39.8 Å². The molecule has 1 aromatic rings. The number of anilines is 1. The summed E-state index contributed by atoms with van der Waals surface area (Å²) < 4.78 is 39.0. The molecule has 2 aliphatic rings. The first-order valence-corrected chi connectivity index (χ1v) is 10.9. The van der Waals surface area contributed by atoms with E-state index in [4.69, 9.17) is 9.31 Å². The summed E-state index contributed by atoms with van der Waals surface area (Å²) in [6, 6.07) is 7.17. The molecule has 0 bridgehead atoms. The van der Waals surface area contributed by atoms with Crippen molar-refractivity contribution in [3.63, 3.8) is 0 Å². The Morgan fingerprint density at radius 3 is 2.19 bits per heavy atom.